The van der Waals surface area contributed by atoms with E-state index in [9.17, 15) is 14.4 Å². The van der Waals surface area contributed by atoms with Gasteiger partial charge in [-0.1, -0.05) is 0 Å². The summed E-state index contributed by atoms with van der Waals surface area (Å²) < 4.78 is 5.32. The lowest BCUT2D eigenvalue weighted by Crippen LogP contribution is -2.40. The lowest BCUT2D eigenvalue weighted by Gasteiger charge is -2.29. The number of carbonyl (C=O) groups excluding carboxylic acids is 3. The minimum Gasteiger partial charge on any atom is -0.378 e. The van der Waals surface area contributed by atoms with Gasteiger partial charge in [0.05, 0.1) is 19.4 Å². The smallest absolute Gasteiger partial charge is 0.271 e. The van der Waals surface area contributed by atoms with Gasteiger partial charge in [-0.3, -0.25) is 14.4 Å². The highest BCUT2D eigenvalue weighted by atomic mass is 32.1. The molecule has 2 amide bonds. The van der Waals surface area contributed by atoms with Gasteiger partial charge in [0.2, 0.25) is 0 Å². The van der Waals surface area contributed by atoms with Crippen LogP contribution in [0.3, 0.4) is 0 Å². The van der Waals surface area contributed by atoms with Crippen molar-refractivity contribution in [1.82, 2.24) is 19.9 Å². The largest absolute Gasteiger partial charge is 0.378 e. The number of ether oxygens (including phenoxy) is 1. The summed E-state index contributed by atoms with van der Waals surface area (Å²) >= 11 is 1.39. The molecule has 1 saturated carbocycles. The molecule has 1 aliphatic carbocycles. The van der Waals surface area contributed by atoms with Gasteiger partial charge < -0.3 is 26.0 Å². The Balaban J connectivity index is 1.19. The van der Waals surface area contributed by atoms with Crippen LogP contribution < -0.4 is 16.4 Å². The van der Waals surface area contributed by atoms with E-state index in [1.807, 2.05) is 5.38 Å². The number of benzene rings is 1. The van der Waals surface area contributed by atoms with E-state index in [0.29, 0.717) is 60.7 Å². The van der Waals surface area contributed by atoms with Crippen molar-refractivity contribution in [1.29, 1.82) is 0 Å². The Hall–Kier alpha value is -3.90. The maximum Gasteiger partial charge on any atom is 0.271 e. The second kappa shape index (κ2) is 12.3. The summed E-state index contributed by atoms with van der Waals surface area (Å²) in [6.07, 6.45) is 7.36. The molecule has 1 aliphatic heterocycles. The summed E-state index contributed by atoms with van der Waals surface area (Å²) in [4.78, 5) is 51.8. The number of anilines is 3. The van der Waals surface area contributed by atoms with Crippen LogP contribution in [-0.2, 0) is 4.74 Å². The third kappa shape index (κ3) is 6.76. The minimum atomic E-state index is -0.693. The number of Topliss-reactive ketones (excluding diaryl/α,β-unsaturated/α-hetero) is 1. The maximum atomic E-state index is 12.7. The van der Waals surface area contributed by atoms with E-state index in [4.69, 9.17) is 10.5 Å². The first-order chi connectivity index (χ1) is 19.0. The van der Waals surface area contributed by atoms with E-state index in [1.54, 1.807) is 35.4 Å². The average Bonchev–Trinajstić information content (AvgIpc) is 3.50. The second-order valence-electron chi connectivity index (χ2n) is 9.75. The number of nitrogens with zero attached hydrogens (tertiary/aromatic N) is 4. The van der Waals surface area contributed by atoms with Crippen molar-refractivity contribution < 1.29 is 19.1 Å². The van der Waals surface area contributed by atoms with Gasteiger partial charge in [0.15, 0.2) is 22.3 Å². The third-order valence-corrected chi connectivity index (χ3v) is 7.86. The number of aromatic nitrogens is 3. The molecule has 39 heavy (non-hydrogen) atoms. The van der Waals surface area contributed by atoms with E-state index in [-0.39, 0.29) is 29.2 Å². The molecule has 204 valence electrons. The SMILES string of the molecule is NC(=O)c1ncc(NC2CCC(CC(=O)c3nccs3)CC2)nc1Nc1ccc(C(=O)N2CCOCC2)cc1. The summed E-state index contributed by atoms with van der Waals surface area (Å²) in [6, 6.07) is 7.17. The van der Waals surface area contributed by atoms with E-state index >= 15 is 0 Å². The third-order valence-electron chi connectivity index (χ3n) is 7.04. The van der Waals surface area contributed by atoms with Gasteiger partial charge in [-0.25, -0.2) is 15.0 Å². The minimum absolute atomic E-state index is 0.0263. The van der Waals surface area contributed by atoms with Gasteiger partial charge in [-0.15, -0.1) is 11.3 Å². The predicted molar refractivity (Wildman–Crippen MR) is 147 cm³/mol. The Morgan fingerprint density at radius 2 is 1.79 bits per heavy atom. The summed E-state index contributed by atoms with van der Waals surface area (Å²) in [7, 11) is 0. The van der Waals surface area contributed by atoms with Crippen molar-refractivity contribution in [3.05, 3.63) is 58.3 Å². The molecule has 3 heterocycles. The molecule has 0 radical (unpaired) electrons. The maximum absolute atomic E-state index is 12.7. The zero-order valence-corrected chi connectivity index (χ0v) is 22.3. The Morgan fingerprint density at radius 1 is 1.05 bits per heavy atom. The number of morpholine rings is 1. The van der Waals surface area contributed by atoms with E-state index in [2.05, 4.69) is 25.6 Å². The normalized spacial score (nSPS) is 19.3. The highest BCUT2D eigenvalue weighted by molar-refractivity contribution is 7.11. The fourth-order valence-electron chi connectivity index (χ4n) is 4.94. The molecule has 1 aromatic carbocycles. The van der Waals surface area contributed by atoms with Crippen LogP contribution in [0.25, 0.3) is 0 Å². The van der Waals surface area contributed by atoms with Crippen LogP contribution >= 0.6 is 11.3 Å². The molecule has 2 aromatic heterocycles. The first-order valence-electron chi connectivity index (χ1n) is 13.1. The van der Waals surface area contributed by atoms with Crippen LogP contribution in [0.4, 0.5) is 17.3 Å². The Morgan fingerprint density at radius 3 is 2.46 bits per heavy atom. The zero-order chi connectivity index (χ0) is 27.2. The van der Waals surface area contributed by atoms with Gasteiger partial charge >= 0.3 is 0 Å². The van der Waals surface area contributed by atoms with Crippen LogP contribution in [0.1, 0.15) is 62.8 Å². The van der Waals surface area contributed by atoms with Crippen LogP contribution in [0.15, 0.2) is 42.0 Å². The van der Waals surface area contributed by atoms with Crippen molar-refractivity contribution in [3.8, 4) is 0 Å². The Kier molecular flexibility index (Phi) is 8.42. The topological polar surface area (TPSA) is 152 Å². The van der Waals surface area contributed by atoms with Gasteiger partial charge in [0.1, 0.15) is 5.82 Å². The molecule has 0 bridgehead atoms. The average molecular weight is 550 g/mol. The number of nitrogens with one attached hydrogen (secondary N) is 2. The Bertz CT molecular complexity index is 1300. The van der Waals surface area contributed by atoms with Crippen LogP contribution in [-0.4, -0.2) is 69.8 Å². The van der Waals surface area contributed by atoms with Gasteiger partial charge in [-0.05, 0) is 55.9 Å². The van der Waals surface area contributed by atoms with Crippen LogP contribution in [0.5, 0.6) is 0 Å². The summed E-state index contributed by atoms with van der Waals surface area (Å²) in [6.45, 7) is 2.22. The standard InChI is InChI=1S/C27H31N7O4S/c28-24(36)23-25(32-20-7-3-18(4-8-20)27(37)34-10-12-38-13-11-34)33-22(16-30-23)31-19-5-1-17(2-6-19)15-21(35)26-29-9-14-39-26/h3-4,7-9,14,16-17,19H,1-2,5-6,10-13,15H2,(H2,28,36)(H2,31,32,33). The van der Waals surface area contributed by atoms with Crippen LogP contribution in [0, 0.1) is 5.92 Å². The first kappa shape index (κ1) is 26.7. The molecule has 12 heteroatoms. The number of carbonyl (C=O) groups is 3. The van der Waals surface area contributed by atoms with Crippen molar-refractivity contribution in [2.45, 2.75) is 38.1 Å². The van der Waals surface area contributed by atoms with Crippen LogP contribution in [0.2, 0.25) is 0 Å². The fourth-order valence-corrected chi connectivity index (χ4v) is 5.53. The van der Waals surface area contributed by atoms with Gasteiger partial charge in [-0.2, -0.15) is 0 Å². The quantitative estimate of drug-likeness (QED) is 0.341. The molecule has 0 unspecified atom stereocenters. The number of amides is 2. The van der Waals surface area contributed by atoms with E-state index in [0.717, 1.165) is 25.7 Å². The first-order valence-corrected chi connectivity index (χ1v) is 13.9. The van der Waals surface area contributed by atoms with E-state index < -0.39 is 5.91 Å². The molecular weight excluding hydrogens is 518 g/mol. The molecule has 2 aliphatic rings. The van der Waals surface area contributed by atoms with Gasteiger partial charge in [0.25, 0.3) is 11.8 Å². The highest BCUT2D eigenvalue weighted by Crippen LogP contribution is 2.30. The molecule has 2 fully saturated rings. The van der Waals surface area contributed by atoms with Gasteiger partial charge in [0, 0.05) is 48.4 Å². The number of primary amides is 1. The molecule has 0 spiro atoms. The van der Waals surface area contributed by atoms with Crippen molar-refractivity contribution in [2.75, 3.05) is 36.9 Å². The predicted octanol–water partition coefficient (Wildman–Crippen LogP) is 3.49. The molecule has 1 saturated heterocycles. The summed E-state index contributed by atoms with van der Waals surface area (Å²) in [5, 5.41) is 8.94. The van der Waals surface area contributed by atoms with E-state index in [1.165, 1.54) is 17.5 Å². The highest BCUT2D eigenvalue weighted by Gasteiger charge is 2.25. The number of rotatable bonds is 9. The van der Waals surface area contributed by atoms with Crippen molar-refractivity contribution in [2.24, 2.45) is 11.7 Å². The van der Waals surface area contributed by atoms with Crippen molar-refractivity contribution >= 4 is 46.3 Å². The molecule has 3 aromatic rings. The fraction of sp³-hybridized carbons (Fsp3) is 0.407. The van der Waals surface area contributed by atoms with Crippen molar-refractivity contribution in [3.63, 3.8) is 0 Å². The lowest BCUT2D eigenvalue weighted by molar-refractivity contribution is 0.0303. The molecular formula is C27H31N7O4S. The molecule has 4 N–H and O–H groups in total. The lowest BCUT2D eigenvalue weighted by atomic mass is 9.83. The summed E-state index contributed by atoms with van der Waals surface area (Å²) in [5.41, 5.74) is 6.79. The number of ketones is 1. The number of hydrogen-bond acceptors (Lipinski definition) is 10. The molecule has 11 nitrogen and oxygen atoms in total. The summed E-state index contributed by atoms with van der Waals surface area (Å²) in [5.74, 6) is 0.491. The molecule has 0 atom stereocenters. The zero-order valence-electron chi connectivity index (χ0n) is 21.5. The number of thiazole rings is 1. The number of nitrogens with two attached hydrogens (primary N) is 1. The number of hydrogen-bond donors (Lipinski definition) is 3. The second-order valence-corrected chi connectivity index (χ2v) is 10.6. The monoisotopic (exact) mass is 549 g/mol. The Labute approximate surface area is 230 Å². The molecule has 5 rings (SSSR count).